The van der Waals surface area contributed by atoms with Crippen LogP contribution in [-0.4, -0.2) is 31.6 Å². The number of nitrogens with zero attached hydrogens (tertiary/aromatic N) is 1. The predicted molar refractivity (Wildman–Crippen MR) is 62.3 cm³/mol. The second-order valence-electron chi connectivity index (χ2n) is 5.65. The molecule has 0 aromatic carbocycles. The smallest absolute Gasteiger partial charge is 0.00191 e. The summed E-state index contributed by atoms with van der Waals surface area (Å²) in [6.07, 6.45) is 5.43. The fraction of sp³-hybridized carbons (Fsp3) is 1.00. The van der Waals surface area contributed by atoms with Crippen molar-refractivity contribution in [2.45, 2.75) is 39.5 Å². The largest absolute Gasteiger partial charge is 0.330 e. The minimum absolute atomic E-state index is 0.351. The molecule has 2 N–H and O–H groups in total. The van der Waals surface area contributed by atoms with Crippen LogP contribution in [0.2, 0.25) is 0 Å². The molecule has 2 nitrogen and oxygen atoms in total. The highest BCUT2D eigenvalue weighted by molar-refractivity contribution is 4.75. The zero-order chi connectivity index (χ0) is 10.6. The Balaban J connectivity index is 2.19. The number of hydrogen-bond acceptors (Lipinski definition) is 2. The van der Waals surface area contributed by atoms with Crippen molar-refractivity contribution in [3.05, 3.63) is 0 Å². The average Bonchev–Trinajstić information content (AvgIpc) is 2.17. The molecule has 2 heteroatoms. The first kappa shape index (κ1) is 12.0. The van der Waals surface area contributed by atoms with Crippen LogP contribution in [0, 0.1) is 11.3 Å². The molecule has 1 aliphatic rings. The van der Waals surface area contributed by atoms with Crippen molar-refractivity contribution in [1.29, 1.82) is 0 Å². The molecule has 14 heavy (non-hydrogen) atoms. The van der Waals surface area contributed by atoms with E-state index in [2.05, 4.69) is 25.8 Å². The molecule has 0 unspecified atom stereocenters. The van der Waals surface area contributed by atoms with Crippen LogP contribution in [0.25, 0.3) is 0 Å². The molecule has 0 radical (unpaired) electrons. The molecule has 0 aromatic heterocycles. The molecule has 0 saturated carbocycles. The molecule has 0 aromatic rings. The normalized spacial score (nSPS) is 21.4. The Hall–Kier alpha value is -0.0800. The standard InChI is InChI=1S/C12H26N2/c1-12(2,10-13)7-4-11-5-8-14(3)9-6-11/h11H,4-10,13H2,1-3H3. The summed E-state index contributed by atoms with van der Waals surface area (Å²) in [7, 11) is 2.22. The molecule has 0 amide bonds. The Morgan fingerprint density at radius 1 is 1.29 bits per heavy atom. The van der Waals surface area contributed by atoms with E-state index in [4.69, 9.17) is 5.73 Å². The lowest BCUT2D eigenvalue weighted by Gasteiger charge is -2.31. The second kappa shape index (κ2) is 5.13. The molecule has 0 bridgehead atoms. The number of piperidine rings is 1. The summed E-state index contributed by atoms with van der Waals surface area (Å²) >= 11 is 0. The molecule has 0 atom stereocenters. The quantitative estimate of drug-likeness (QED) is 0.749. The number of rotatable bonds is 4. The van der Waals surface area contributed by atoms with E-state index in [0.29, 0.717) is 5.41 Å². The molecule has 1 fully saturated rings. The van der Waals surface area contributed by atoms with Gasteiger partial charge in [0.15, 0.2) is 0 Å². The lowest BCUT2D eigenvalue weighted by molar-refractivity contribution is 0.193. The van der Waals surface area contributed by atoms with Crippen LogP contribution in [-0.2, 0) is 0 Å². The molecule has 0 aliphatic carbocycles. The number of likely N-dealkylation sites (tertiary alicyclic amines) is 1. The van der Waals surface area contributed by atoms with Crippen LogP contribution in [0.4, 0.5) is 0 Å². The van der Waals surface area contributed by atoms with Gasteiger partial charge in [-0.15, -0.1) is 0 Å². The summed E-state index contributed by atoms with van der Waals surface area (Å²) < 4.78 is 0. The lowest BCUT2D eigenvalue weighted by atomic mass is 9.82. The van der Waals surface area contributed by atoms with Crippen LogP contribution >= 0.6 is 0 Å². The fourth-order valence-electron chi connectivity index (χ4n) is 2.05. The molecule has 1 heterocycles. The monoisotopic (exact) mass is 198 g/mol. The summed E-state index contributed by atoms with van der Waals surface area (Å²) in [5, 5.41) is 0. The third-order valence-corrected chi connectivity index (χ3v) is 3.62. The fourth-order valence-corrected chi connectivity index (χ4v) is 2.05. The van der Waals surface area contributed by atoms with Gasteiger partial charge in [0.1, 0.15) is 0 Å². The van der Waals surface area contributed by atoms with Crippen LogP contribution in [0.3, 0.4) is 0 Å². The maximum atomic E-state index is 5.74. The third kappa shape index (κ3) is 3.97. The molecule has 1 saturated heterocycles. The van der Waals surface area contributed by atoms with Crippen molar-refractivity contribution in [2.24, 2.45) is 17.1 Å². The van der Waals surface area contributed by atoms with Crippen LogP contribution < -0.4 is 5.73 Å². The van der Waals surface area contributed by atoms with Crippen LogP contribution in [0.1, 0.15) is 39.5 Å². The molecular weight excluding hydrogens is 172 g/mol. The zero-order valence-corrected chi connectivity index (χ0v) is 10.1. The van der Waals surface area contributed by atoms with E-state index in [1.807, 2.05) is 0 Å². The Bertz CT molecular complexity index is 158. The van der Waals surface area contributed by atoms with Gasteiger partial charge in [-0.05, 0) is 63.7 Å². The van der Waals surface area contributed by atoms with E-state index in [9.17, 15) is 0 Å². The van der Waals surface area contributed by atoms with E-state index in [-0.39, 0.29) is 0 Å². The van der Waals surface area contributed by atoms with Crippen molar-refractivity contribution in [3.63, 3.8) is 0 Å². The van der Waals surface area contributed by atoms with Gasteiger partial charge in [-0.25, -0.2) is 0 Å². The lowest BCUT2D eigenvalue weighted by Crippen LogP contribution is -2.31. The SMILES string of the molecule is CN1CCC(CCC(C)(C)CN)CC1. The molecular formula is C12H26N2. The van der Waals surface area contributed by atoms with Crippen molar-refractivity contribution >= 4 is 0 Å². The first-order valence-corrected chi connectivity index (χ1v) is 5.92. The van der Waals surface area contributed by atoms with Crippen LogP contribution in [0.15, 0.2) is 0 Å². The van der Waals surface area contributed by atoms with Gasteiger partial charge in [0.2, 0.25) is 0 Å². The maximum Gasteiger partial charge on any atom is -0.00191 e. The van der Waals surface area contributed by atoms with Gasteiger partial charge in [-0.1, -0.05) is 13.8 Å². The van der Waals surface area contributed by atoms with E-state index in [1.54, 1.807) is 0 Å². The van der Waals surface area contributed by atoms with E-state index in [0.717, 1.165) is 12.5 Å². The highest BCUT2D eigenvalue weighted by Gasteiger charge is 2.21. The van der Waals surface area contributed by atoms with Gasteiger partial charge in [-0.3, -0.25) is 0 Å². The summed E-state index contributed by atoms with van der Waals surface area (Å²) in [6.45, 7) is 7.95. The van der Waals surface area contributed by atoms with Gasteiger partial charge in [-0.2, -0.15) is 0 Å². The first-order valence-electron chi connectivity index (χ1n) is 5.92. The van der Waals surface area contributed by atoms with Gasteiger partial charge in [0.05, 0.1) is 0 Å². The average molecular weight is 198 g/mol. The predicted octanol–water partition coefficient (Wildman–Crippen LogP) is 2.09. The summed E-state index contributed by atoms with van der Waals surface area (Å²) in [5.74, 6) is 0.956. The first-order chi connectivity index (χ1) is 6.53. The van der Waals surface area contributed by atoms with Gasteiger partial charge < -0.3 is 10.6 Å². The number of hydrogen-bond donors (Lipinski definition) is 1. The third-order valence-electron chi connectivity index (χ3n) is 3.62. The molecule has 84 valence electrons. The minimum Gasteiger partial charge on any atom is -0.330 e. The summed E-state index contributed by atoms with van der Waals surface area (Å²) in [4.78, 5) is 2.44. The van der Waals surface area contributed by atoms with Crippen LogP contribution in [0.5, 0.6) is 0 Å². The van der Waals surface area contributed by atoms with Gasteiger partial charge in [0, 0.05) is 0 Å². The van der Waals surface area contributed by atoms with Crippen molar-refractivity contribution in [1.82, 2.24) is 4.90 Å². The van der Waals surface area contributed by atoms with Crippen molar-refractivity contribution in [2.75, 3.05) is 26.7 Å². The van der Waals surface area contributed by atoms with E-state index in [1.165, 1.54) is 38.8 Å². The summed E-state index contributed by atoms with van der Waals surface area (Å²) in [5.41, 5.74) is 6.09. The van der Waals surface area contributed by atoms with Crippen molar-refractivity contribution < 1.29 is 0 Å². The summed E-state index contributed by atoms with van der Waals surface area (Å²) in [6, 6.07) is 0. The highest BCUT2D eigenvalue weighted by Crippen LogP contribution is 2.28. The Kier molecular flexibility index (Phi) is 4.39. The minimum atomic E-state index is 0.351. The zero-order valence-electron chi connectivity index (χ0n) is 10.1. The van der Waals surface area contributed by atoms with Gasteiger partial charge >= 0.3 is 0 Å². The topological polar surface area (TPSA) is 29.3 Å². The van der Waals surface area contributed by atoms with E-state index < -0.39 is 0 Å². The Morgan fingerprint density at radius 3 is 2.36 bits per heavy atom. The van der Waals surface area contributed by atoms with Gasteiger partial charge in [0.25, 0.3) is 0 Å². The van der Waals surface area contributed by atoms with Crippen molar-refractivity contribution in [3.8, 4) is 0 Å². The highest BCUT2D eigenvalue weighted by atomic mass is 15.1. The second-order valence-corrected chi connectivity index (χ2v) is 5.65. The maximum absolute atomic E-state index is 5.74. The molecule has 0 spiro atoms. The molecule has 1 aliphatic heterocycles. The molecule has 1 rings (SSSR count). The van der Waals surface area contributed by atoms with E-state index >= 15 is 0 Å². The number of nitrogens with two attached hydrogens (primary N) is 1. The Morgan fingerprint density at radius 2 is 1.86 bits per heavy atom. The Labute approximate surface area is 88.8 Å².